The maximum Gasteiger partial charge on any atom is 0.336 e. The predicted molar refractivity (Wildman–Crippen MR) is 94.5 cm³/mol. The van der Waals surface area contributed by atoms with Crippen LogP contribution in [0.2, 0.25) is 0 Å². The van der Waals surface area contributed by atoms with Crippen molar-refractivity contribution in [3.63, 3.8) is 0 Å². The van der Waals surface area contributed by atoms with Gasteiger partial charge in [0.05, 0.1) is 12.8 Å². The summed E-state index contributed by atoms with van der Waals surface area (Å²) in [6.07, 6.45) is 1.25. The van der Waals surface area contributed by atoms with Crippen LogP contribution in [0.1, 0.15) is 5.56 Å². The van der Waals surface area contributed by atoms with E-state index in [4.69, 9.17) is 14.2 Å². The number of carbonyl (C=O) groups excluding carboxylic acids is 3. The molecule has 4 amide bonds. The Balaban J connectivity index is 1.79. The van der Waals surface area contributed by atoms with Gasteiger partial charge in [-0.1, -0.05) is 12.1 Å². The standard InChI is InChI=1S/C19H13FN2O6/c1-26-14-8-16-15(27-9-28-16)7-10(14)6-11-17(23)21-19(25)22(18(11)24)13-5-3-2-4-12(13)20/h2-8H,9H2,1H3,(H,21,23,25)/b11-6-. The van der Waals surface area contributed by atoms with Gasteiger partial charge in [-0.3, -0.25) is 14.9 Å². The van der Waals surface area contributed by atoms with Gasteiger partial charge in [0.15, 0.2) is 11.5 Å². The Labute approximate surface area is 158 Å². The number of hydrogen-bond donors (Lipinski definition) is 1. The van der Waals surface area contributed by atoms with Crippen LogP contribution in [0.15, 0.2) is 42.0 Å². The number of carbonyl (C=O) groups is 3. The highest BCUT2D eigenvalue weighted by molar-refractivity contribution is 6.39. The van der Waals surface area contributed by atoms with E-state index in [0.29, 0.717) is 27.7 Å². The van der Waals surface area contributed by atoms with Crippen molar-refractivity contribution in [1.29, 1.82) is 0 Å². The number of hydrogen-bond acceptors (Lipinski definition) is 6. The highest BCUT2D eigenvalue weighted by Crippen LogP contribution is 2.39. The molecule has 2 aliphatic heterocycles. The summed E-state index contributed by atoms with van der Waals surface area (Å²) in [5.41, 5.74) is -0.269. The first-order valence-corrected chi connectivity index (χ1v) is 8.13. The number of rotatable bonds is 3. The van der Waals surface area contributed by atoms with Crippen LogP contribution < -0.4 is 24.4 Å². The van der Waals surface area contributed by atoms with Gasteiger partial charge in [-0.25, -0.2) is 14.1 Å². The van der Waals surface area contributed by atoms with E-state index in [-0.39, 0.29) is 18.1 Å². The Morgan fingerprint density at radius 3 is 2.57 bits per heavy atom. The van der Waals surface area contributed by atoms with Crippen molar-refractivity contribution in [3.05, 3.63) is 53.4 Å². The van der Waals surface area contributed by atoms with E-state index in [2.05, 4.69) is 0 Å². The van der Waals surface area contributed by atoms with Crippen LogP contribution in [0.5, 0.6) is 17.2 Å². The van der Waals surface area contributed by atoms with Gasteiger partial charge in [-0.2, -0.15) is 0 Å². The number of anilines is 1. The van der Waals surface area contributed by atoms with Crippen molar-refractivity contribution in [3.8, 4) is 17.2 Å². The third-order valence-corrected chi connectivity index (χ3v) is 4.22. The van der Waals surface area contributed by atoms with E-state index in [9.17, 15) is 18.8 Å². The van der Waals surface area contributed by atoms with Crippen molar-refractivity contribution in [1.82, 2.24) is 5.32 Å². The summed E-state index contributed by atoms with van der Waals surface area (Å²) in [7, 11) is 1.41. The van der Waals surface area contributed by atoms with Gasteiger partial charge in [-0.15, -0.1) is 0 Å². The van der Waals surface area contributed by atoms with Crippen molar-refractivity contribution < 1.29 is 33.0 Å². The molecule has 2 aromatic carbocycles. The van der Waals surface area contributed by atoms with E-state index in [0.717, 1.165) is 6.07 Å². The lowest BCUT2D eigenvalue weighted by atomic mass is 10.1. The highest BCUT2D eigenvalue weighted by atomic mass is 19.1. The van der Waals surface area contributed by atoms with Gasteiger partial charge in [0.2, 0.25) is 6.79 Å². The Hall–Kier alpha value is -3.88. The van der Waals surface area contributed by atoms with Crippen LogP contribution >= 0.6 is 0 Å². The van der Waals surface area contributed by atoms with Crippen molar-refractivity contribution in [2.24, 2.45) is 0 Å². The predicted octanol–water partition coefficient (Wildman–Crippen LogP) is 2.23. The summed E-state index contributed by atoms with van der Waals surface area (Å²) in [4.78, 5) is 37.9. The molecule has 142 valence electrons. The molecule has 0 unspecified atom stereocenters. The third kappa shape index (κ3) is 2.82. The minimum absolute atomic E-state index is 0.0352. The smallest absolute Gasteiger partial charge is 0.336 e. The fourth-order valence-electron chi connectivity index (χ4n) is 2.89. The molecule has 4 rings (SSSR count). The molecule has 2 heterocycles. The fourth-order valence-corrected chi connectivity index (χ4v) is 2.89. The van der Waals surface area contributed by atoms with E-state index in [1.54, 1.807) is 12.1 Å². The Morgan fingerprint density at radius 2 is 1.86 bits per heavy atom. The van der Waals surface area contributed by atoms with Crippen molar-refractivity contribution in [2.45, 2.75) is 0 Å². The van der Waals surface area contributed by atoms with Gasteiger partial charge >= 0.3 is 6.03 Å². The van der Waals surface area contributed by atoms with Crippen LogP contribution in [0.4, 0.5) is 14.9 Å². The molecule has 0 atom stereocenters. The molecule has 2 aliphatic rings. The number of amides is 4. The summed E-state index contributed by atoms with van der Waals surface area (Å²) in [6, 6.07) is 7.33. The average Bonchev–Trinajstić information content (AvgIpc) is 3.13. The average molecular weight is 384 g/mol. The maximum atomic E-state index is 14.1. The lowest BCUT2D eigenvalue weighted by Crippen LogP contribution is -2.54. The quantitative estimate of drug-likeness (QED) is 0.644. The van der Waals surface area contributed by atoms with E-state index >= 15 is 0 Å². The molecule has 0 saturated carbocycles. The second-order valence-corrected chi connectivity index (χ2v) is 5.86. The molecule has 1 saturated heterocycles. The lowest BCUT2D eigenvalue weighted by Gasteiger charge is -2.26. The number of urea groups is 1. The monoisotopic (exact) mass is 384 g/mol. The number of imide groups is 2. The Bertz CT molecular complexity index is 1050. The third-order valence-electron chi connectivity index (χ3n) is 4.22. The Morgan fingerprint density at radius 1 is 1.14 bits per heavy atom. The molecule has 0 spiro atoms. The first-order chi connectivity index (χ1) is 13.5. The van der Waals surface area contributed by atoms with E-state index in [1.165, 1.54) is 31.4 Å². The van der Waals surface area contributed by atoms with Gasteiger partial charge in [0.25, 0.3) is 11.8 Å². The van der Waals surface area contributed by atoms with Crippen LogP contribution in [-0.4, -0.2) is 31.7 Å². The Kier molecular flexibility index (Phi) is 4.19. The molecule has 8 nitrogen and oxygen atoms in total. The van der Waals surface area contributed by atoms with E-state index < -0.39 is 23.7 Å². The van der Waals surface area contributed by atoms with Gasteiger partial charge < -0.3 is 14.2 Å². The minimum Gasteiger partial charge on any atom is -0.496 e. The topological polar surface area (TPSA) is 94.2 Å². The van der Waals surface area contributed by atoms with Crippen LogP contribution in [0.3, 0.4) is 0 Å². The van der Waals surface area contributed by atoms with Gasteiger partial charge in [-0.05, 0) is 24.3 Å². The summed E-state index contributed by atoms with van der Waals surface area (Å²) in [6.45, 7) is 0.0352. The zero-order valence-electron chi connectivity index (χ0n) is 14.5. The number of nitrogens with zero attached hydrogens (tertiary/aromatic N) is 1. The number of ether oxygens (including phenoxy) is 3. The summed E-state index contributed by atoms with van der Waals surface area (Å²) in [5, 5.41) is 2.04. The summed E-state index contributed by atoms with van der Waals surface area (Å²) >= 11 is 0. The number of halogens is 1. The van der Waals surface area contributed by atoms with E-state index in [1.807, 2.05) is 5.32 Å². The number of nitrogens with one attached hydrogen (secondary N) is 1. The number of para-hydroxylation sites is 1. The summed E-state index contributed by atoms with van der Waals surface area (Å²) < 4.78 is 29.9. The second-order valence-electron chi connectivity index (χ2n) is 5.86. The molecule has 2 aromatic rings. The molecular weight excluding hydrogens is 371 g/mol. The molecule has 1 fully saturated rings. The van der Waals surface area contributed by atoms with Gasteiger partial charge in [0, 0.05) is 11.6 Å². The molecular formula is C19H13FN2O6. The molecule has 0 radical (unpaired) electrons. The zero-order valence-corrected chi connectivity index (χ0v) is 14.5. The zero-order chi connectivity index (χ0) is 19.8. The molecule has 0 bridgehead atoms. The normalized spacial score (nSPS) is 17.1. The fraction of sp³-hybridized carbons (Fsp3) is 0.105. The first-order valence-electron chi connectivity index (χ1n) is 8.13. The maximum absolute atomic E-state index is 14.1. The molecule has 0 aromatic heterocycles. The highest BCUT2D eigenvalue weighted by Gasteiger charge is 2.38. The van der Waals surface area contributed by atoms with Gasteiger partial charge in [0.1, 0.15) is 17.1 Å². The van der Waals surface area contributed by atoms with Crippen LogP contribution in [0, 0.1) is 5.82 Å². The minimum atomic E-state index is -1.03. The molecule has 1 N–H and O–H groups in total. The molecule has 0 aliphatic carbocycles. The first kappa shape index (κ1) is 17.5. The number of methoxy groups -OCH3 is 1. The summed E-state index contributed by atoms with van der Waals surface area (Å²) in [5.74, 6) is -1.44. The largest absolute Gasteiger partial charge is 0.496 e. The van der Waals surface area contributed by atoms with Crippen molar-refractivity contribution >= 4 is 29.6 Å². The van der Waals surface area contributed by atoms with Crippen LogP contribution in [0.25, 0.3) is 6.08 Å². The number of benzene rings is 2. The number of barbiturate groups is 1. The second kappa shape index (κ2) is 6.69. The van der Waals surface area contributed by atoms with Crippen LogP contribution in [-0.2, 0) is 9.59 Å². The SMILES string of the molecule is COc1cc2c(cc1/C=C1/C(=O)NC(=O)N(c3ccccc3F)C1=O)OCO2. The number of fused-ring (bicyclic) bond motifs is 1. The lowest BCUT2D eigenvalue weighted by molar-refractivity contribution is -0.122. The molecule has 9 heteroatoms. The molecule has 28 heavy (non-hydrogen) atoms. The van der Waals surface area contributed by atoms with Crippen molar-refractivity contribution in [2.75, 3.05) is 18.8 Å².